The standard InChI is InChI=1S/C20H21N3O2S/c1-2-25-20(24)18(14-5-3-6-14)26-17-8-11-22-19-16(17)9-12-23(19)15-7-4-10-21-13-15/h4,7-14,18H,2-3,5-6H2,1H3. The Kier molecular flexibility index (Phi) is 4.93. The molecule has 3 heterocycles. The number of hydrogen-bond acceptors (Lipinski definition) is 5. The van der Waals surface area contributed by atoms with Crippen molar-refractivity contribution in [3.63, 3.8) is 0 Å². The molecule has 1 saturated carbocycles. The molecule has 1 aliphatic carbocycles. The summed E-state index contributed by atoms with van der Waals surface area (Å²) >= 11 is 1.62. The van der Waals surface area contributed by atoms with Gasteiger partial charge in [-0.3, -0.25) is 14.3 Å². The highest BCUT2D eigenvalue weighted by Crippen LogP contribution is 2.41. The first kappa shape index (κ1) is 17.1. The van der Waals surface area contributed by atoms with Crippen molar-refractivity contribution in [3.8, 4) is 5.69 Å². The predicted molar refractivity (Wildman–Crippen MR) is 102 cm³/mol. The van der Waals surface area contributed by atoms with E-state index in [-0.39, 0.29) is 11.2 Å². The summed E-state index contributed by atoms with van der Waals surface area (Å²) in [6.45, 7) is 2.28. The van der Waals surface area contributed by atoms with Crippen LogP contribution in [0.5, 0.6) is 0 Å². The zero-order valence-electron chi connectivity index (χ0n) is 14.7. The summed E-state index contributed by atoms with van der Waals surface area (Å²) in [4.78, 5) is 22.3. The van der Waals surface area contributed by atoms with Crippen LogP contribution in [0.25, 0.3) is 16.7 Å². The van der Waals surface area contributed by atoms with Crippen molar-refractivity contribution < 1.29 is 9.53 Å². The summed E-state index contributed by atoms with van der Waals surface area (Å²) in [7, 11) is 0. The molecule has 0 N–H and O–H groups in total. The van der Waals surface area contributed by atoms with Crippen LogP contribution >= 0.6 is 11.8 Å². The third-order valence-corrected chi connectivity index (χ3v) is 6.26. The van der Waals surface area contributed by atoms with Gasteiger partial charge in [0.05, 0.1) is 18.5 Å². The molecule has 26 heavy (non-hydrogen) atoms. The first-order valence-corrected chi connectivity index (χ1v) is 9.85. The van der Waals surface area contributed by atoms with Crippen molar-refractivity contribution in [1.29, 1.82) is 0 Å². The highest BCUT2D eigenvalue weighted by Gasteiger charge is 2.35. The third kappa shape index (κ3) is 3.21. The van der Waals surface area contributed by atoms with Gasteiger partial charge in [-0.1, -0.05) is 6.42 Å². The number of hydrogen-bond donors (Lipinski definition) is 0. The lowest BCUT2D eigenvalue weighted by Crippen LogP contribution is -2.32. The van der Waals surface area contributed by atoms with Crippen LogP contribution in [-0.4, -0.2) is 32.4 Å². The maximum Gasteiger partial charge on any atom is 0.319 e. The molecule has 0 aromatic carbocycles. The van der Waals surface area contributed by atoms with Crippen LogP contribution in [0.1, 0.15) is 26.2 Å². The lowest BCUT2D eigenvalue weighted by Gasteiger charge is -2.31. The Bertz CT molecular complexity index is 906. The zero-order valence-corrected chi connectivity index (χ0v) is 15.5. The van der Waals surface area contributed by atoms with Crippen molar-refractivity contribution >= 4 is 28.8 Å². The van der Waals surface area contributed by atoms with Crippen molar-refractivity contribution in [1.82, 2.24) is 14.5 Å². The van der Waals surface area contributed by atoms with Gasteiger partial charge in [0, 0.05) is 28.9 Å². The van der Waals surface area contributed by atoms with E-state index in [1.165, 1.54) is 6.42 Å². The normalized spacial score (nSPS) is 15.6. The molecular formula is C20H21N3O2S. The Morgan fingerprint density at radius 2 is 2.23 bits per heavy atom. The molecule has 0 bridgehead atoms. The Hall–Kier alpha value is -2.34. The van der Waals surface area contributed by atoms with Crippen LogP contribution in [0.2, 0.25) is 0 Å². The van der Waals surface area contributed by atoms with Gasteiger partial charge in [0.25, 0.3) is 0 Å². The smallest absolute Gasteiger partial charge is 0.319 e. The molecule has 0 spiro atoms. The molecule has 3 aromatic heterocycles. The van der Waals surface area contributed by atoms with E-state index in [2.05, 4.69) is 16.0 Å². The number of aromatic nitrogens is 3. The summed E-state index contributed by atoms with van der Waals surface area (Å²) in [5.41, 5.74) is 1.84. The Morgan fingerprint density at radius 3 is 2.92 bits per heavy atom. The molecule has 1 unspecified atom stereocenters. The number of rotatable bonds is 6. The number of nitrogens with zero attached hydrogens (tertiary/aromatic N) is 3. The van der Waals surface area contributed by atoms with Gasteiger partial charge in [-0.25, -0.2) is 4.98 Å². The van der Waals surface area contributed by atoms with E-state index in [9.17, 15) is 4.79 Å². The second kappa shape index (κ2) is 7.50. The molecule has 1 fully saturated rings. The van der Waals surface area contributed by atoms with E-state index in [4.69, 9.17) is 4.74 Å². The van der Waals surface area contributed by atoms with E-state index in [1.54, 1.807) is 24.2 Å². The molecule has 0 saturated heterocycles. The van der Waals surface area contributed by atoms with Gasteiger partial charge in [-0.2, -0.15) is 0 Å². The van der Waals surface area contributed by atoms with Crippen LogP contribution in [0.4, 0.5) is 0 Å². The second-order valence-corrected chi connectivity index (χ2v) is 7.61. The first-order valence-electron chi connectivity index (χ1n) is 8.97. The number of fused-ring (bicyclic) bond motifs is 1. The molecule has 3 aromatic rings. The van der Waals surface area contributed by atoms with Gasteiger partial charge < -0.3 is 4.74 Å². The fourth-order valence-corrected chi connectivity index (χ4v) is 4.59. The molecule has 1 aliphatic rings. The van der Waals surface area contributed by atoms with Gasteiger partial charge >= 0.3 is 5.97 Å². The van der Waals surface area contributed by atoms with Crippen molar-refractivity contribution in [2.45, 2.75) is 36.3 Å². The highest BCUT2D eigenvalue weighted by atomic mass is 32.2. The number of pyridine rings is 2. The topological polar surface area (TPSA) is 57.0 Å². The van der Waals surface area contributed by atoms with Crippen LogP contribution in [0, 0.1) is 5.92 Å². The minimum absolute atomic E-state index is 0.0983. The van der Waals surface area contributed by atoms with Gasteiger partial charge in [-0.05, 0) is 49.9 Å². The zero-order chi connectivity index (χ0) is 17.9. The highest BCUT2D eigenvalue weighted by molar-refractivity contribution is 8.00. The van der Waals surface area contributed by atoms with Crippen molar-refractivity contribution in [3.05, 3.63) is 49.1 Å². The van der Waals surface area contributed by atoms with Crippen molar-refractivity contribution in [2.24, 2.45) is 5.92 Å². The largest absolute Gasteiger partial charge is 0.465 e. The van der Waals surface area contributed by atoms with Gasteiger partial charge in [0.15, 0.2) is 0 Å². The second-order valence-electron chi connectivity index (χ2n) is 6.42. The van der Waals surface area contributed by atoms with Gasteiger partial charge in [0.2, 0.25) is 0 Å². The molecular weight excluding hydrogens is 346 g/mol. The van der Waals surface area contributed by atoms with Gasteiger partial charge in [-0.15, -0.1) is 11.8 Å². The van der Waals surface area contributed by atoms with Crippen LogP contribution in [-0.2, 0) is 9.53 Å². The Morgan fingerprint density at radius 1 is 1.35 bits per heavy atom. The monoisotopic (exact) mass is 367 g/mol. The summed E-state index contributed by atoms with van der Waals surface area (Å²) < 4.78 is 7.35. The molecule has 0 amide bonds. The van der Waals surface area contributed by atoms with Crippen molar-refractivity contribution in [2.75, 3.05) is 6.61 Å². The van der Waals surface area contributed by atoms with Gasteiger partial charge in [0.1, 0.15) is 10.9 Å². The lowest BCUT2D eigenvalue weighted by atomic mass is 9.82. The summed E-state index contributed by atoms with van der Waals surface area (Å²) in [5.74, 6) is 0.307. The number of thioether (sulfide) groups is 1. The maximum atomic E-state index is 12.5. The fraction of sp³-hybridized carbons (Fsp3) is 0.350. The van der Waals surface area contributed by atoms with E-state index in [0.717, 1.165) is 34.5 Å². The third-order valence-electron chi connectivity index (χ3n) is 4.82. The molecule has 0 aliphatic heterocycles. The molecule has 1 atom stereocenters. The summed E-state index contributed by atoms with van der Waals surface area (Å²) in [5, 5.41) is 0.908. The summed E-state index contributed by atoms with van der Waals surface area (Å²) in [6, 6.07) is 7.96. The first-order chi connectivity index (χ1) is 12.8. The number of carbonyl (C=O) groups is 1. The average molecular weight is 367 g/mol. The lowest BCUT2D eigenvalue weighted by molar-refractivity contribution is -0.144. The van der Waals surface area contributed by atoms with E-state index in [0.29, 0.717) is 12.5 Å². The fourth-order valence-electron chi connectivity index (χ4n) is 3.26. The van der Waals surface area contributed by atoms with Crippen LogP contribution < -0.4 is 0 Å². The molecule has 134 valence electrons. The Labute approximate surface area is 156 Å². The maximum absolute atomic E-state index is 12.5. The van der Waals surface area contributed by atoms with Crippen LogP contribution in [0.15, 0.2) is 53.9 Å². The minimum atomic E-state index is -0.143. The predicted octanol–water partition coefficient (Wildman–Crippen LogP) is 4.24. The Balaban J connectivity index is 1.68. The van der Waals surface area contributed by atoms with E-state index < -0.39 is 0 Å². The minimum Gasteiger partial charge on any atom is -0.465 e. The quantitative estimate of drug-likeness (QED) is 0.482. The SMILES string of the molecule is CCOC(=O)C(Sc1ccnc2c1ccn2-c1cccnc1)C1CCC1. The van der Waals surface area contributed by atoms with Crippen LogP contribution in [0.3, 0.4) is 0 Å². The average Bonchev–Trinajstić information content (AvgIpc) is 3.05. The number of esters is 1. The number of ether oxygens (including phenoxy) is 1. The molecule has 0 radical (unpaired) electrons. The van der Waals surface area contributed by atoms with E-state index >= 15 is 0 Å². The molecule has 4 rings (SSSR count). The number of carbonyl (C=O) groups excluding carboxylic acids is 1. The summed E-state index contributed by atoms with van der Waals surface area (Å²) in [6.07, 6.45) is 10.8. The molecule has 5 nitrogen and oxygen atoms in total. The molecule has 6 heteroatoms. The van der Waals surface area contributed by atoms with E-state index in [1.807, 2.05) is 42.1 Å².